The molecule has 39 heavy (non-hydrogen) atoms. The van der Waals surface area contributed by atoms with Crippen LogP contribution >= 0.6 is 15.9 Å². The largest absolute Gasteiger partial charge is 0.444 e. The van der Waals surface area contributed by atoms with Gasteiger partial charge in [-0.25, -0.2) is 19.7 Å². The molecule has 0 radical (unpaired) electrons. The van der Waals surface area contributed by atoms with Crippen LogP contribution in [0.25, 0.3) is 11.3 Å². The van der Waals surface area contributed by atoms with E-state index in [0.29, 0.717) is 41.2 Å². The highest BCUT2D eigenvalue weighted by Crippen LogP contribution is 2.34. The van der Waals surface area contributed by atoms with Gasteiger partial charge in [0.25, 0.3) is 0 Å². The highest BCUT2D eigenvalue weighted by atomic mass is 79.9. The summed E-state index contributed by atoms with van der Waals surface area (Å²) in [6, 6.07) is -0.188. The van der Waals surface area contributed by atoms with Crippen LogP contribution in [0.4, 0.5) is 4.79 Å². The molecule has 2 aromatic heterocycles. The van der Waals surface area contributed by atoms with E-state index in [9.17, 15) is 4.79 Å². The molecule has 220 valence electrons. The smallest absolute Gasteiger partial charge is 0.410 e. The van der Waals surface area contributed by atoms with Crippen molar-refractivity contribution in [3.63, 3.8) is 0 Å². The zero-order valence-electron chi connectivity index (χ0n) is 25.1. The van der Waals surface area contributed by atoms with E-state index < -0.39 is 5.60 Å². The lowest BCUT2D eigenvalue weighted by Crippen LogP contribution is -2.37. The van der Waals surface area contributed by atoms with E-state index in [0.717, 1.165) is 25.1 Å². The van der Waals surface area contributed by atoms with Crippen LogP contribution in [0, 0.1) is 5.41 Å². The Kier molecular flexibility index (Phi) is 12.0. The molecule has 0 N–H and O–H groups in total. The number of imidazole rings is 1. The fourth-order valence-corrected chi connectivity index (χ4v) is 5.37. The molecule has 1 aliphatic rings. The molecule has 1 amide bonds. The third-order valence-electron chi connectivity index (χ3n) is 7.07. The number of ether oxygens (including phenoxy) is 2. The molecule has 8 nitrogen and oxygen atoms in total. The highest BCUT2D eigenvalue weighted by molar-refractivity contribution is 9.10. The number of unbranched alkanes of at least 4 members (excludes halogenated alkanes) is 8. The number of aromatic nitrogens is 4. The van der Waals surface area contributed by atoms with E-state index in [2.05, 4.69) is 46.7 Å². The number of halogens is 1. The van der Waals surface area contributed by atoms with Crippen LogP contribution in [-0.4, -0.2) is 49.3 Å². The molecule has 0 spiro atoms. The van der Waals surface area contributed by atoms with Crippen molar-refractivity contribution in [2.24, 2.45) is 5.41 Å². The lowest BCUT2D eigenvalue weighted by atomic mass is 9.89. The summed E-state index contributed by atoms with van der Waals surface area (Å²) in [6.45, 7) is 14.3. The molecule has 9 heteroatoms. The molecular weight excluding hydrogens is 558 g/mol. The zero-order valence-corrected chi connectivity index (χ0v) is 26.7. The number of amides is 1. The van der Waals surface area contributed by atoms with Crippen molar-refractivity contribution >= 4 is 33.3 Å². The summed E-state index contributed by atoms with van der Waals surface area (Å²) in [6.07, 6.45) is 16.0. The first-order valence-electron chi connectivity index (χ1n) is 14.9. The predicted molar refractivity (Wildman–Crippen MR) is 160 cm³/mol. The van der Waals surface area contributed by atoms with Gasteiger partial charge >= 0.3 is 6.09 Å². The number of likely N-dealkylation sites (tertiary alicyclic amines) is 1. The van der Waals surface area contributed by atoms with Crippen LogP contribution in [0.15, 0.2) is 10.8 Å². The maximum absolute atomic E-state index is 12.9. The second-order valence-electron chi connectivity index (χ2n) is 13.1. The lowest BCUT2D eigenvalue weighted by molar-refractivity contribution is 0.0202. The minimum atomic E-state index is -0.548. The van der Waals surface area contributed by atoms with Gasteiger partial charge in [0.15, 0.2) is 11.3 Å². The van der Waals surface area contributed by atoms with Gasteiger partial charge in [-0.3, -0.25) is 9.47 Å². The van der Waals surface area contributed by atoms with Crippen LogP contribution in [0.3, 0.4) is 0 Å². The van der Waals surface area contributed by atoms with E-state index in [1.807, 2.05) is 25.3 Å². The van der Waals surface area contributed by atoms with Gasteiger partial charge in [-0.2, -0.15) is 0 Å². The average molecular weight is 609 g/mol. The fourth-order valence-electron chi connectivity index (χ4n) is 5.10. The SMILES string of the molecule is CC(C)(C)CCCCCCCCCCCOCn1c([C@@H]2CCCN2C(=O)OC(C)(C)C)nc2ncc(Br)nc21. The Labute approximate surface area is 243 Å². The molecule has 1 atom stereocenters. The molecule has 3 rings (SSSR count). The third kappa shape index (κ3) is 10.6. The first kappa shape index (κ1) is 31.8. The number of nitrogens with zero attached hydrogens (tertiary/aromatic N) is 5. The van der Waals surface area contributed by atoms with Crippen molar-refractivity contribution in [1.29, 1.82) is 0 Å². The quantitative estimate of drug-likeness (QED) is 0.200. The average Bonchev–Trinajstić information content (AvgIpc) is 3.45. The number of rotatable bonds is 14. The summed E-state index contributed by atoms with van der Waals surface area (Å²) in [4.78, 5) is 28.6. The Morgan fingerprint density at radius 3 is 2.26 bits per heavy atom. The van der Waals surface area contributed by atoms with Crippen LogP contribution in [0.1, 0.15) is 130 Å². The van der Waals surface area contributed by atoms with Crippen LogP contribution in [0.2, 0.25) is 0 Å². The van der Waals surface area contributed by atoms with Crippen LogP contribution in [-0.2, 0) is 16.2 Å². The molecule has 0 saturated carbocycles. The number of carbonyl (C=O) groups excluding carboxylic acids is 1. The maximum atomic E-state index is 12.9. The minimum absolute atomic E-state index is 0.188. The number of carbonyl (C=O) groups is 1. The van der Waals surface area contributed by atoms with E-state index >= 15 is 0 Å². The van der Waals surface area contributed by atoms with Gasteiger partial charge in [0, 0.05) is 13.2 Å². The van der Waals surface area contributed by atoms with Gasteiger partial charge in [-0.1, -0.05) is 72.1 Å². The summed E-state index contributed by atoms with van der Waals surface area (Å²) < 4.78 is 14.4. The van der Waals surface area contributed by atoms with E-state index in [1.54, 1.807) is 11.1 Å². The summed E-state index contributed by atoms with van der Waals surface area (Å²) in [5.74, 6) is 0.758. The van der Waals surface area contributed by atoms with Crippen molar-refractivity contribution < 1.29 is 14.3 Å². The second-order valence-corrected chi connectivity index (χ2v) is 13.9. The number of hydrogen-bond donors (Lipinski definition) is 0. The first-order valence-corrected chi connectivity index (χ1v) is 15.7. The molecule has 0 aromatic carbocycles. The lowest BCUT2D eigenvalue weighted by Gasteiger charge is -2.28. The molecule has 0 bridgehead atoms. The van der Waals surface area contributed by atoms with Crippen molar-refractivity contribution in [2.45, 2.75) is 137 Å². The molecule has 1 fully saturated rings. The van der Waals surface area contributed by atoms with Crippen molar-refractivity contribution in [2.75, 3.05) is 13.2 Å². The zero-order chi connectivity index (χ0) is 28.5. The minimum Gasteiger partial charge on any atom is -0.444 e. The molecular formula is C30H50BrN5O3. The number of fused-ring (bicyclic) bond motifs is 1. The van der Waals surface area contributed by atoms with Crippen molar-refractivity contribution in [3.8, 4) is 0 Å². The van der Waals surface area contributed by atoms with Gasteiger partial charge in [0.1, 0.15) is 22.8 Å². The molecule has 1 aliphatic heterocycles. The Morgan fingerprint density at radius 2 is 1.62 bits per heavy atom. The van der Waals surface area contributed by atoms with Gasteiger partial charge < -0.3 is 9.47 Å². The Hall–Kier alpha value is -1.74. The summed E-state index contributed by atoms with van der Waals surface area (Å²) >= 11 is 3.44. The second kappa shape index (κ2) is 14.8. The highest BCUT2D eigenvalue weighted by Gasteiger charge is 2.36. The first-order chi connectivity index (χ1) is 18.4. The molecule has 0 aliphatic carbocycles. The summed E-state index contributed by atoms with van der Waals surface area (Å²) in [7, 11) is 0. The van der Waals surface area contributed by atoms with E-state index in [1.165, 1.54) is 57.8 Å². The van der Waals surface area contributed by atoms with E-state index in [4.69, 9.17) is 14.5 Å². The monoisotopic (exact) mass is 607 g/mol. The Balaban J connectivity index is 1.46. The molecule has 2 aromatic rings. The molecule has 0 unspecified atom stereocenters. The summed E-state index contributed by atoms with van der Waals surface area (Å²) in [5, 5.41) is 0. The Bertz CT molecular complexity index is 1040. The van der Waals surface area contributed by atoms with Crippen molar-refractivity contribution in [1.82, 2.24) is 24.4 Å². The van der Waals surface area contributed by atoms with Gasteiger partial charge in [0.2, 0.25) is 0 Å². The summed E-state index contributed by atoms with van der Waals surface area (Å²) in [5.41, 5.74) is 1.15. The van der Waals surface area contributed by atoms with Gasteiger partial charge in [0.05, 0.1) is 12.2 Å². The van der Waals surface area contributed by atoms with Crippen LogP contribution < -0.4 is 0 Å². The number of hydrogen-bond acceptors (Lipinski definition) is 6. The van der Waals surface area contributed by atoms with Gasteiger partial charge in [-0.05, 0) is 67.8 Å². The maximum Gasteiger partial charge on any atom is 0.410 e. The Morgan fingerprint density at radius 1 is 0.974 bits per heavy atom. The van der Waals surface area contributed by atoms with Crippen LogP contribution in [0.5, 0.6) is 0 Å². The molecule has 1 saturated heterocycles. The standard InChI is InChI=1S/C30H50BrN5O3/c1-29(2,3)18-14-12-10-8-7-9-11-13-15-20-38-22-36-26(34-25-27(36)33-24(31)21-32-25)23-17-16-19-35(23)28(37)39-30(4,5)6/h21,23H,7-20,22H2,1-6H3/t23-/m0/s1. The topological polar surface area (TPSA) is 82.4 Å². The van der Waals surface area contributed by atoms with E-state index in [-0.39, 0.29) is 12.1 Å². The van der Waals surface area contributed by atoms with Crippen molar-refractivity contribution in [3.05, 3.63) is 16.6 Å². The normalized spacial score (nSPS) is 16.4. The molecule has 3 heterocycles. The van der Waals surface area contributed by atoms with Gasteiger partial charge in [-0.15, -0.1) is 0 Å². The fraction of sp³-hybridized carbons (Fsp3) is 0.800. The third-order valence-corrected chi connectivity index (χ3v) is 7.46. The predicted octanol–water partition coefficient (Wildman–Crippen LogP) is 8.58.